The number of fused-ring (bicyclic) bond motifs is 1. The first-order chi connectivity index (χ1) is 16.7. The number of rotatable bonds is 7. The quantitative estimate of drug-likeness (QED) is 0.401. The molecule has 1 aliphatic heterocycles. The minimum atomic E-state index is -0.405. The van der Waals surface area contributed by atoms with Gasteiger partial charge in [0.1, 0.15) is 13.2 Å². The maximum absolute atomic E-state index is 13.0. The first-order valence-corrected chi connectivity index (χ1v) is 11.8. The molecule has 1 atom stereocenters. The molecule has 172 valence electrons. The Morgan fingerprint density at radius 2 is 1.79 bits per heavy atom. The number of benzene rings is 2. The average molecular weight is 474 g/mol. The molecule has 5 rings (SSSR count). The van der Waals surface area contributed by atoms with Crippen molar-refractivity contribution >= 4 is 23.4 Å². The SMILES string of the molecule is C[C@@H](Sc1nnc(-c2ccncc2)n1Cc1ccccc1)C(=O)Nc1ccc2c(c1)OCCO2. The third-order valence-electron chi connectivity index (χ3n) is 5.30. The molecule has 0 saturated carbocycles. The van der Waals surface area contributed by atoms with E-state index in [1.807, 2.05) is 47.9 Å². The van der Waals surface area contributed by atoms with E-state index in [1.165, 1.54) is 11.8 Å². The van der Waals surface area contributed by atoms with Crippen LogP contribution in [-0.2, 0) is 11.3 Å². The van der Waals surface area contributed by atoms with E-state index in [-0.39, 0.29) is 5.91 Å². The van der Waals surface area contributed by atoms with Crippen LogP contribution in [0.2, 0.25) is 0 Å². The van der Waals surface area contributed by atoms with Crippen molar-refractivity contribution in [1.29, 1.82) is 0 Å². The average Bonchev–Trinajstić information content (AvgIpc) is 3.26. The second-order valence-corrected chi connectivity index (χ2v) is 9.03. The molecule has 1 N–H and O–H groups in total. The van der Waals surface area contributed by atoms with Crippen molar-refractivity contribution < 1.29 is 14.3 Å². The Kier molecular flexibility index (Phi) is 6.44. The summed E-state index contributed by atoms with van der Waals surface area (Å²) in [6.45, 7) is 3.46. The molecule has 34 heavy (non-hydrogen) atoms. The largest absolute Gasteiger partial charge is 0.486 e. The van der Waals surface area contributed by atoms with E-state index in [9.17, 15) is 4.79 Å². The number of pyridine rings is 1. The lowest BCUT2D eigenvalue weighted by molar-refractivity contribution is -0.115. The number of ether oxygens (including phenoxy) is 2. The highest BCUT2D eigenvalue weighted by molar-refractivity contribution is 8.00. The summed E-state index contributed by atoms with van der Waals surface area (Å²) in [7, 11) is 0. The van der Waals surface area contributed by atoms with E-state index in [4.69, 9.17) is 9.47 Å². The number of nitrogens with one attached hydrogen (secondary N) is 1. The van der Waals surface area contributed by atoms with Gasteiger partial charge in [-0.05, 0) is 36.8 Å². The number of hydrogen-bond acceptors (Lipinski definition) is 7. The third-order valence-corrected chi connectivity index (χ3v) is 6.38. The Labute approximate surface area is 201 Å². The number of aromatic nitrogens is 4. The van der Waals surface area contributed by atoms with Gasteiger partial charge in [0.2, 0.25) is 5.91 Å². The zero-order chi connectivity index (χ0) is 23.3. The van der Waals surface area contributed by atoms with E-state index in [0.29, 0.717) is 42.1 Å². The van der Waals surface area contributed by atoms with Gasteiger partial charge in [0.05, 0.1) is 11.8 Å². The molecule has 2 aromatic carbocycles. The minimum absolute atomic E-state index is 0.138. The van der Waals surface area contributed by atoms with Crippen molar-refractivity contribution in [2.45, 2.75) is 23.9 Å². The highest BCUT2D eigenvalue weighted by atomic mass is 32.2. The van der Waals surface area contributed by atoms with Crippen LogP contribution in [0.4, 0.5) is 5.69 Å². The van der Waals surface area contributed by atoms with E-state index >= 15 is 0 Å². The summed E-state index contributed by atoms with van der Waals surface area (Å²) in [5.41, 5.74) is 2.69. The first-order valence-electron chi connectivity index (χ1n) is 10.9. The molecule has 2 aromatic heterocycles. The van der Waals surface area contributed by atoms with Gasteiger partial charge in [0.25, 0.3) is 0 Å². The number of anilines is 1. The molecular weight excluding hydrogens is 450 g/mol. The fourth-order valence-electron chi connectivity index (χ4n) is 3.58. The normalized spacial score (nSPS) is 13.3. The predicted molar refractivity (Wildman–Crippen MR) is 130 cm³/mol. The van der Waals surface area contributed by atoms with Gasteiger partial charge in [-0.25, -0.2) is 0 Å². The van der Waals surface area contributed by atoms with E-state index in [1.54, 1.807) is 24.5 Å². The number of thioether (sulfide) groups is 1. The summed E-state index contributed by atoms with van der Waals surface area (Å²) in [6, 6.07) is 19.3. The third kappa shape index (κ3) is 4.89. The Bertz CT molecular complexity index is 1280. The highest BCUT2D eigenvalue weighted by Crippen LogP contribution is 2.33. The Morgan fingerprint density at radius 3 is 2.59 bits per heavy atom. The number of amides is 1. The van der Waals surface area contributed by atoms with Crippen LogP contribution in [0.5, 0.6) is 11.5 Å². The molecule has 4 aromatic rings. The molecule has 1 amide bonds. The zero-order valence-corrected chi connectivity index (χ0v) is 19.4. The van der Waals surface area contributed by atoms with Gasteiger partial charge in [0.15, 0.2) is 22.5 Å². The van der Waals surface area contributed by atoms with Gasteiger partial charge in [-0.15, -0.1) is 10.2 Å². The van der Waals surface area contributed by atoms with Crippen LogP contribution in [0.25, 0.3) is 11.4 Å². The molecule has 8 nitrogen and oxygen atoms in total. The van der Waals surface area contributed by atoms with Gasteiger partial charge >= 0.3 is 0 Å². The number of carbonyl (C=O) groups is 1. The van der Waals surface area contributed by atoms with Gasteiger partial charge in [0, 0.05) is 29.7 Å². The summed E-state index contributed by atoms with van der Waals surface area (Å²) < 4.78 is 13.2. The Hall–Kier alpha value is -3.85. The second kappa shape index (κ2) is 9.96. The van der Waals surface area contributed by atoms with Gasteiger partial charge in [-0.2, -0.15) is 0 Å². The minimum Gasteiger partial charge on any atom is -0.486 e. The van der Waals surface area contributed by atoms with Crippen LogP contribution in [0.1, 0.15) is 12.5 Å². The lowest BCUT2D eigenvalue weighted by atomic mass is 10.2. The lowest BCUT2D eigenvalue weighted by Crippen LogP contribution is -2.23. The number of hydrogen-bond donors (Lipinski definition) is 1. The molecule has 0 fully saturated rings. The molecular formula is C25H23N5O3S. The van der Waals surface area contributed by atoms with Gasteiger partial charge in [-0.3, -0.25) is 14.3 Å². The monoisotopic (exact) mass is 473 g/mol. The van der Waals surface area contributed by atoms with Crippen LogP contribution in [-0.4, -0.2) is 44.1 Å². The molecule has 0 bridgehead atoms. The molecule has 1 aliphatic rings. The molecule has 0 saturated heterocycles. The summed E-state index contributed by atoms with van der Waals surface area (Å²) in [5.74, 6) is 1.91. The maximum atomic E-state index is 13.0. The molecule has 0 unspecified atom stereocenters. The standard InChI is InChI=1S/C25H23N5O3S/c1-17(24(31)27-20-7-8-21-22(15-20)33-14-13-32-21)34-25-29-28-23(19-9-11-26-12-10-19)30(25)16-18-5-3-2-4-6-18/h2-12,15,17H,13-14,16H2,1H3,(H,27,31)/t17-/m1/s1. The molecule has 0 aliphatic carbocycles. The maximum Gasteiger partial charge on any atom is 0.237 e. The van der Waals surface area contributed by atoms with Crippen molar-refractivity contribution in [2.75, 3.05) is 18.5 Å². The van der Waals surface area contributed by atoms with Crippen molar-refractivity contribution in [3.63, 3.8) is 0 Å². The first kappa shape index (κ1) is 22.0. The zero-order valence-electron chi connectivity index (χ0n) is 18.5. The summed E-state index contributed by atoms with van der Waals surface area (Å²) in [5, 5.41) is 12.1. The fourth-order valence-corrected chi connectivity index (χ4v) is 4.42. The van der Waals surface area contributed by atoms with E-state index in [0.717, 1.165) is 17.0 Å². The number of nitrogens with zero attached hydrogens (tertiary/aromatic N) is 4. The van der Waals surface area contributed by atoms with Crippen molar-refractivity contribution in [2.24, 2.45) is 0 Å². The van der Waals surface area contributed by atoms with Crippen LogP contribution in [0, 0.1) is 0 Å². The second-order valence-electron chi connectivity index (χ2n) is 7.72. The van der Waals surface area contributed by atoms with Crippen LogP contribution < -0.4 is 14.8 Å². The van der Waals surface area contributed by atoms with Gasteiger partial charge < -0.3 is 14.8 Å². The molecule has 9 heteroatoms. The smallest absolute Gasteiger partial charge is 0.237 e. The Morgan fingerprint density at radius 1 is 1.03 bits per heavy atom. The molecule has 3 heterocycles. The van der Waals surface area contributed by atoms with E-state index < -0.39 is 5.25 Å². The van der Waals surface area contributed by atoms with Crippen molar-refractivity contribution in [1.82, 2.24) is 19.7 Å². The predicted octanol–water partition coefficient (Wildman–Crippen LogP) is 4.28. The van der Waals surface area contributed by atoms with Crippen LogP contribution in [0.3, 0.4) is 0 Å². The van der Waals surface area contributed by atoms with Crippen molar-refractivity contribution in [3.8, 4) is 22.9 Å². The summed E-state index contributed by atoms with van der Waals surface area (Å²) in [4.78, 5) is 17.1. The summed E-state index contributed by atoms with van der Waals surface area (Å²) >= 11 is 1.37. The van der Waals surface area contributed by atoms with Crippen molar-refractivity contribution in [3.05, 3.63) is 78.6 Å². The lowest BCUT2D eigenvalue weighted by Gasteiger charge is -2.19. The number of carbonyl (C=O) groups excluding carboxylic acids is 1. The topological polar surface area (TPSA) is 91.2 Å². The summed E-state index contributed by atoms with van der Waals surface area (Å²) in [6.07, 6.45) is 3.46. The van der Waals surface area contributed by atoms with Crippen LogP contribution in [0.15, 0.2) is 78.2 Å². The Balaban J connectivity index is 1.35. The fraction of sp³-hybridized carbons (Fsp3) is 0.200. The molecule has 0 spiro atoms. The van der Waals surface area contributed by atoms with Gasteiger partial charge in [-0.1, -0.05) is 42.1 Å². The molecule has 0 radical (unpaired) electrons. The van der Waals surface area contributed by atoms with Crippen LogP contribution >= 0.6 is 11.8 Å². The highest BCUT2D eigenvalue weighted by Gasteiger charge is 2.22. The van der Waals surface area contributed by atoms with E-state index in [2.05, 4.69) is 32.6 Å².